The van der Waals surface area contributed by atoms with E-state index in [0.717, 1.165) is 18.7 Å². The zero-order valence-electron chi connectivity index (χ0n) is 23.4. The fourth-order valence-corrected chi connectivity index (χ4v) is 4.50. The van der Waals surface area contributed by atoms with Crippen molar-refractivity contribution < 1.29 is 32.8 Å². The lowest BCUT2D eigenvalue weighted by Gasteiger charge is -2.37. The third-order valence-electron chi connectivity index (χ3n) is 6.20. The summed E-state index contributed by atoms with van der Waals surface area (Å²) in [6.07, 6.45) is 0.214. The van der Waals surface area contributed by atoms with Crippen LogP contribution in [0.1, 0.15) is 29.8 Å². The molecule has 4 rings (SSSR count). The van der Waals surface area contributed by atoms with Crippen molar-refractivity contribution in [1.82, 2.24) is 15.1 Å². The molecule has 1 aliphatic rings. The molecule has 234 valence electrons. The monoisotopic (exact) mass is 636 g/mol. The number of nitrogens with zero attached hydrogens (tertiary/aromatic N) is 4. The average Bonchev–Trinajstić information content (AvgIpc) is 2.95. The molecule has 0 radical (unpaired) electrons. The lowest BCUT2D eigenvalue weighted by molar-refractivity contribution is -0.384. The Kier molecular flexibility index (Phi) is 11.2. The third-order valence-corrected chi connectivity index (χ3v) is 6.56. The van der Waals surface area contributed by atoms with Gasteiger partial charge in [-0.25, -0.2) is 9.48 Å². The van der Waals surface area contributed by atoms with Gasteiger partial charge in [0, 0.05) is 48.6 Å². The highest BCUT2D eigenvalue weighted by Crippen LogP contribution is 2.23. The summed E-state index contributed by atoms with van der Waals surface area (Å²) in [5, 5.41) is 28.6. The van der Waals surface area contributed by atoms with Gasteiger partial charge in [-0.3, -0.25) is 19.7 Å². The number of nitro benzene ring substituents is 1. The number of halogens is 4. The van der Waals surface area contributed by atoms with Gasteiger partial charge in [0.2, 0.25) is 0 Å². The second-order valence-corrected chi connectivity index (χ2v) is 10.2. The Labute approximate surface area is 253 Å². The lowest BCUT2D eigenvalue weighted by Crippen LogP contribution is -2.54. The van der Waals surface area contributed by atoms with Crippen molar-refractivity contribution in [3.05, 3.63) is 97.4 Å². The van der Waals surface area contributed by atoms with Crippen LogP contribution >= 0.6 is 11.6 Å². The van der Waals surface area contributed by atoms with E-state index in [-0.39, 0.29) is 40.8 Å². The van der Waals surface area contributed by atoms with E-state index in [4.69, 9.17) is 21.5 Å². The zero-order valence-corrected chi connectivity index (χ0v) is 24.2. The van der Waals surface area contributed by atoms with E-state index in [0.29, 0.717) is 16.9 Å². The van der Waals surface area contributed by atoms with E-state index < -0.39 is 17.1 Å². The summed E-state index contributed by atoms with van der Waals surface area (Å²) in [4.78, 5) is 46.4. The number of piperazine rings is 1. The Bertz CT molecular complexity index is 1570. The molecular weight excluding hydrogens is 609 g/mol. The van der Waals surface area contributed by atoms with Crippen LogP contribution in [0.3, 0.4) is 0 Å². The second kappa shape index (κ2) is 14.6. The van der Waals surface area contributed by atoms with Crippen LogP contribution in [-0.2, 0) is 11.3 Å². The number of benzene rings is 2. The van der Waals surface area contributed by atoms with Crippen molar-refractivity contribution in [2.45, 2.75) is 38.7 Å². The lowest BCUT2D eigenvalue weighted by atomic mass is 10.1. The number of hydrogen-bond donors (Lipinski definition) is 3. The van der Waals surface area contributed by atoms with Crippen molar-refractivity contribution in [2.24, 2.45) is 0 Å². The molecule has 1 saturated heterocycles. The van der Waals surface area contributed by atoms with E-state index in [9.17, 15) is 32.9 Å². The SMILES string of the molecule is C[C@@H]1CN(c2cnn(C/C=C/c3ccc(NC(=O)c4ccc([N+](=O)[O-])cc4)cc3)c(=O)c2Cl)C[C@H](C)N1.O=C(O)C(F)(F)F. The molecule has 1 aromatic heterocycles. The molecule has 2 heterocycles. The molecule has 1 amide bonds. The molecule has 2 aromatic carbocycles. The first-order chi connectivity index (χ1) is 20.6. The quantitative estimate of drug-likeness (QED) is 0.249. The molecule has 16 heteroatoms. The minimum atomic E-state index is -5.08. The van der Waals surface area contributed by atoms with E-state index in [1.165, 1.54) is 28.9 Å². The van der Waals surface area contributed by atoms with Gasteiger partial charge >= 0.3 is 12.1 Å². The number of carbonyl (C=O) groups excluding carboxylic acids is 1. The molecule has 12 nitrogen and oxygen atoms in total. The van der Waals surface area contributed by atoms with Crippen LogP contribution in [0.4, 0.5) is 30.2 Å². The molecule has 3 aromatic rings. The molecule has 1 aliphatic heterocycles. The highest BCUT2D eigenvalue weighted by atomic mass is 35.5. The van der Waals surface area contributed by atoms with Crippen LogP contribution in [0.25, 0.3) is 6.08 Å². The Morgan fingerprint density at radius 1 is 1.14 bits per heavy atom. The molecule has 0 spiro atoms. The van der Waals surface area contributed by atoms with Crippen molar-refractivity contribution >= 4 is 46.6 Å². The molecular formula is C28H28ClF3N6O6. The normalized spacial score (nSPS) is 16.6. The number of carbonyl (C=O) groups is 2. The third kappa shape index (κ3) is 9.37. The van der Waals surface area contributed by atoms with Crippen molar-refractivity contribution in [1.29, 1.82) is 0 Å². The molecule has 0 bridgehead atoms. The number of amides is 1. The summed E-state index contributed by atoms with van der Waals surface area (Å²) < 4.78 is 33.1. The average molecular weight is 637 g/mol. The maximum absolute atomic E-state index is 12.8. The summed E-state index contributed by atoms with van der Waals surface area (Å²) in [5.41, 5.74) is 2.00. The number of alkyl halides is 3. The van der Waals surface area contributed by atoms with Gasteiger partial charge < -0.3 is 20.6 Å². The molecule has 0 saturated carbocycles. The maximum Gasteiger partial charge on any atom is 0.490 e. The fraction of sp³-hybridized carbons (Fsp3) is 0.286. The predicted octanol–water partition coefficient (Wildman–Crippen LogP) is 4.59. The summed E-state index contributed by atoms with van der Waals surface area (Å²) in [5.74, 6) is -3.12. The first kappa shape index (κ1) is 33.7. The topological polar surface area (TPSA) is 160 Å². The maximum atomic E-state index is 12.8. The van der Waals surface area contributed by atoms with Crippen LogP contribution in [-0.4, -0.2) is 63.0 Å². The van der Waals surface area contributed by atoms with Gasteiger partial charge in [0.15, 0.2) is 0 Å². The minimum Gasteiger partial charge on any atom is -0.475 e. The largest absolute Gasteiger partial charge is 0.490 e. The van der Waals surface area contributed by atoms with Crippen molar-refractivity contribution in [2.75, 3.05) is 23.3 Å². The number of aliphatic carboxylic acids is 1. The summed E-state index contributed by atoms with van der Waals surface area (Å²) in [6, 6.07) is 13.1. The van der Waals surface area contributed by atoms with Crippen LogP contribution in [0.5, 0.6) is 0 Å². The Morgan fingerprint density at radius 2 is 1.70 bits per heavy atom. The fourth-order valence-electron chi connectivity index (χ4n) is 4.23. The van der Waals surface area contributed by atoms with Gasteiger partial charge in [0.25, 0.3) is 17.2 Å². The Hall–Kier alpha value is -4.76. The standard InChI is InChI=1S/C26H27ClN6O4.C2HF3O2/c1-17-15-31(16-18(2)29-17)23-14-28-32(26(35)24(23)27)13-3-4-19-5-9-21(10-6-19)30-25(34)20-7-11-22(12-8-20)33(36)37;3-2(4,5)1(6)7/h3-12,14,17-18,29H,13,15-16H2,1-2H3,(H,30,34);(H,6,7)/b4-3+;/t17-,18+;. The number of nitrogens with one attached hydrogen (secondary N) is 2. The molecule has 1 fully saturated rings. The first-order valence-corrected chi connectivity index (χ1v) is 13.4. The van der Waals surface area contributed by atoms with E-state index in [1.807, 2.05) is 24.3 Å². The minimum absolute atomic E-state index is 0.0767. The summed E-state index contributed by atoms with van der Waals surface area (Å²) in [7, 11) is 0. The number of anilines is 2. The molecule has 0 aliphatic carbocycles. The summed E-state index contributed by atoms with van der Waals surface area (Å²) >= 11 is 6.42. The number of rotatable bonds is 7. The number of non-ortho nitro benzene ring substituents is 1. The first-order valence-electron chi connectivity index (χ1n) is 13.0. The highest BCUT2D eigenvalue weighted by molar-refractivity contribution is 6.33. The van der Waals surface area contributed by atoms with E-state index in [1.54, 1.807) is 18.3 Å². The van der Waals surface area contributed by atoms with E-state index >= 15 is 0 Å². The predicted molar refractivity (Wildman–Crippen MR) is 158 cm³/mol. The number of carboxylic acid groups (broad SMARTS) is 1. The highest BCUT2D eigenvalue weighted by Gasteiger charge is 2.38. The van der Waals surface area contributed by atoms with Crippen molar-refractivity contribution in [3.63, 3.8) is 0 Å². The van der Waals surface area contributed by atoms with Gasteiger partial charge in [0.05, 0.1) is 23.4 Å². The smallest absolute Gasteiger partial charge is 0.475 e. The number of hydrogen-bond acceptors (Lipinski definition) is 8. The second-order valence-electron chi connectivity index (χ2n) is 9.79. The van der Waals surface area contributed by atoms with Gasteiger partial charge in [0.1, 0.15) is 5.02 Å². The van der Waals surface area contributed by atoms with E-state index in [2.05, 4.69) is 34.5 Å². The van der Waals surface area contributed by atoms with Gasteiger partial charge in [-0.15, -0.1) is 0 Å². The number of aromatic nitrogens is 2. The van der Waals surface area contributed by atoms with Crippen LogP contribution in [0.15, 0.2) is 65.6 Å². The van der Waals surface area contributed by atoms with Crippen LogP contribution in [0.2, 0.25) is 5.02 Å². The van der Waals surface area contributed by atoms with Gasteiger partial charge in [-0.2, -0.15) is 18.3 Å². The van der Waals surface area contributed by atoms with Crippen molar-refractivity contribution in [3.8, 4) is 0 Å². The van der Waals surface area contributed by atoms with Gasteiger partial charge in [-0.05, 0) is 43.7 Å². The number of nitro groups is 1. The zero-order chi connectivity index (χ0) is 32.6. The molecule has 44 heavy (non-hydrogen) atoms. The Balaban J connectivity index is 0.000000676. The molecule has 2 atom stereocenters. The van der Waals surface area contributed by atoms with Crippen LogP contribution in [0, 0.1) is 10.1 Å². The van der Waals surface area contributed by atoms with Crippen LogP contribution < -0.4 is 21.1 Å². The number of carboxylic acids is 1. The summed E-state index contributed by atoms with van der Waals surface area (Å²) in [6.45, 7) is 5.94. The van der Waals surface area contributed by atoms with Gasteiger partial charge in [-0.1, -0.05) is 35.9 Å². The Morgan fingerprint density at radius 3 is 2.23 bits per heavy atom. The molecule has 3 N–H and O–H groups in total. The number of allylic oxidation sites excluding steroid dienone is 1. The molecule has 0 unspecified atom stereocenters.